The summed E-state index contributed by atoms with van der Waals surface area (Å²) in [4.78, 5) is 11.9. The fourth-order valence-corrected chi connectivity index (χ4v) is 4.54. The summed E-state index contributed by atoms with van der Waals surface area (Å²) in [7, 11) is -3.28. The lowest BCUT2D eigenvalue weighted by atomic mass is 10.0. The summed E-state index contributed by atoms with van der Waals surface area (Å²) >= 11 is 1.11. The molecule has 2 aromatic rings. The number of amides is 1. The van der Waals surface area contributed by atoms with E-state index in [4.69, 9.17) is 0 Å². The number of halogens is 3. The largest absolute Gasteiger partial charge is 0.411 e. The maximum Gasteiger partial charge on any atom is 0.266 e. The standard InChI is InChI=1S/C18H21F3N4O5S2/c1-10(9-32(2,28)29)17(26)22-5-6-31-18-15(24-30-25-18)14(23-27)8-11-3-4-13(19)12(7-11)16(20)21/h3-4,7,10,16,27H,5-6,8-9H2,1-2H3,(H,22,26)/t10-/m0/s1. The molecule has 2 N–H and O–H groups in total. The molecule has 14 heteroatoms. The van der Waals surface area contributed by atoms with Crippen molar-refractivity contribution in [1.82, 2.24) is 15.6 Å². The van der Waals surface area contributed by atoms with Crippen molar-refractivity contribution in [2.24, 2.45) is 11.1 Å². The highest BCUT2D eigenvalue weighted by Crippen LogP contribution is 2.25. The van der Waals surface area contributed by atoms with Gasteiger partial charge in [0.1, 0.15) is 21.4 Å². The molecule has 0 fully saturated rings. The normalized spacial score (nSPS) is 13.4. The molecule has 0 saturated heterocycles. The van der Waals surface area contributed by atoms with Crippen LogP contribution in [-0.2, 0) is 21.1 Å². The molecule has 1 aromatic heterocycles. The van der Waals surface area contributed by atoms with E-state index in [1.54, 1.807) is 0 Å². The highest BCUT2D eigenvalue weighted by atomic mass is 32.2. The maximum atomic E-state index is 13.5. The van der Waals surface area contributed by atoms with Gasteiger partial charge in [-0.15, -0.1) is 0 Å². The van der Waals surface area contributed by atoms with Crippen molar-refractivity contribution in [3.8, 4) is 0 Å². The molecule has 0 aliphatic rings. The zero-order valence-electron chi connectivity index (χ0n) is 17.1. The molecule has 1 atom stereocenters. The predicted octanol–water partition coefficient (Wildman–Crippen LogP) is 2.46. The summed E-state index contributed by atoms with van der Waals surface area (Å²) in [5.41, 5.74) is -0.474. The van der Waals surface area contributed by atoms with Gasteiger partial charge in [-0.1, -0.05) is 29.9 Å². The van der Waals surface area contributed by atoms with Gasteiger partial charge in [-0.3, -0.25) is 4.79 Å². The second kappa shape index (κ2) is 11.3. The molecule has 32 heavy (non-hydrogen) atoms. The number of alkyl halides is 2. The molecule has 9 nitrogen and oxygen atoms in total. The van der Waals surface area contributed by atoms with Gasteiger partial charge in [-0.2, -0.15) is 0 Å². The molecule has 2 rings (SSSR count). The van der Waals surface area contributed by atoms with E-state index in [0.29, 0.717) is 5.75 Å². The summed E-state index contributed by atoms with van der Waals surface area (Å²) < 4.78 is 66.5. The van der Waals surface area contributed by atoms with Crippen LogP contribution in [0.5, 0.6) is 0 Å². The number of carbonyl (C=O) groups is 1. The second-order valence-electron chi connectivity index (χ2n) is 6.93. The van der Waals surface area contributed by atoms with Crippen LogP contribution < -0.4 is 5.32 Å². The van der Waals surface area contributed by atoms with Crippen LogP contribution in [0.4, 0.5) is 13.2 Å². The summed E-state index contributed by atoms with van der Waals surface area (Å²) in [5, 5.41) is 22.7. The van der Waals surface area contributed by atoms with Crippen LogP contribution >= 0.6 is 11.8 Å². The van der Waals surface area contributed by atoms with Gasteiger partial charge in [-0.25, -0.2) is 26.2 Å². The number of nitrogens with one attached hydrogen (secondary N) is 1. The van der Waals surface area contributed by atoms with Crippen LogP contribution in [-0.4, -0.2) is 59.9 Å². The molecule has 0 unspecified atom stereocenters. The SMILES string of the molecule is C[C@@H](CS(C)(=O)=O)C(=O)NCCSc1nonc1C(Cc1ccc(F)c(C(F)F)c1)=NO. The molecule has 0 spiro atoms. The number of oxime groups is 1. The Labute approximate surface area is 186 Å². The van der Waals surface area contributed by atoms with Gasteiger partial charge >= 0.3 is 0 Å². The zero-order valence-corrected chi connectivity index (χ0v) is 18.7. The average molecular weight is 495 g/mol. The maximum absolute atomic E-state index is 13.5. The Morgan fingerprint density at radius 1 is 1.34 bits per heavy atom. The Morgan fingerprint density at radius 2 is 2.06 bits per heavy atom. The van der Waals surface area contributed by atoms with Crippen LogP contribution in [0.25, 0.3) is 0 Å². The van der Waals surface area contributed by atoms with Crippen molar-refractivity contribution in [2.45, 2.75) is 24.8 Å². The molecule has 1 amide bonds. The van der Waals surface area contributed by atoms with E-state index in [0.717, 1.165) is 30.2 Å². The first-order chi connectivity index (χ1) is 15.0. The minimum Gasteiger partial charge on any atom is -0.411 e. The number of nitrogens with zero attached hydrogens (tertiary/aromatic N) is 3. The van der Waals surface area contributed by atoms with E-state index in [-0.39, 0.29) is 40.7 Å². The smallest absolute Gasteiger partial charge is 0.266 e. The summed E-state index contributed by atoms with van der Waals surface area (Å²) in [6, 6.07) is 3.15. The quantitative estimate of drug-likeness (QED) is 0.160. The molecular weight excluding hydrogens is 473 g/mol. The topological polar surface area (TPSA) is 135 Å². The van der Waals surface area contributed by atoms with E-state index in [1.807, 2.05) is 0 Å². The van der Waals surface area contributed by atoms with Crippen LogP contribution in [0.3, 0.4) is 0 Å². The van der Waals surface area contributed by atoms with E-state index in [2.05, 4.69) is 25.4 Å². The fourth-order valence-electron chi connectivity index (χ4n) is 2.71. The second-order valence-corrected chi connectivity index (χ2v) is 10.2. The molecule has 0 aliphatic heterocycles. The van der Waals surface area contributed by atoms with Gasteiger partial charge in [0.15, 0.2) is 10.7 Å². The Hall–Kier alpha value is -2.61. The first-order valence-electron chi connectivity index (χ1n) is 9.20. The minimum atomic E-state index is -3.28. The lowest BCUT2D eigenvalue weighted by Gasteiger charge is -2.10. The van der Waals surface area contributed by atoms with Crippen LogP contribution in [0, 0.1) is 11.7 Å². The van der Waals surface area contributed by atoms with E-state index in [9.17, 15) is 31.6 Å². The van der Waals surface area contributed by atoms with Gasteiger partial charge in [0, 0.05) is 30.9 Å². The van der Waals surface area contributed by atoms with Crippen LogP contribution in [0.1, 0.15) is 30.2 Å². The molecule has 1 heterocycles. The third-order valence-corrected chi connectivity index (χ3v) is 6.22. The Balaban J connectivity index is 1.97. The Kier molecular flexibility index (Phi) is 9.07. The Morgan fingerprint density at radius 3 is 2.69 bits per heavy atom. The monoisotopic (exact) mass is 494 g/mol. The number of aromatic nitrogens is 2. The van der Waals surface area contributed by atoms with Gasteiger partial charge in [0.2, 0.25) is 5.91 Å². The molecule has 0 saturated carbocycles. The van der Waals surface area contributed by atoms with Gasteiger partial charge < -0.3 is 10.5 Å². The molecular formula is C18H21F3N4O5S2. The van der Waals surface area contributed by atoms with Gasteiger partial charge in [0.05, 0.1) is 11.3 Å². The number of sulfone groups is 1. The lowest BCUT2D eigenvalue weighted by Crippen LogP contribution is -2.34. The van der Waals surface area contributed by atoms with E-state index in [1.165, 1.54) is 13.0 Å². The number of benzene rings is 1. The van der Waals surface area contributed by atoms with Gasteiger partial charge in [-0.05, 0) is 28.0 Å². The van der Waals surface area contributed by atoms with Crippen LogP contribution in [0.2, 0.25) is 0 Å². The highest BCUT2D eigenvalue weighted by Gasteiger charge is 2.21. The van der Waals surface area contributed by atoms with E-state index >= 15 is 0 Å². The van der Waals surface area contributed by atoms with Gasteiger partial charge in [0.25, 0.3) is 6.43 Å². The minimum absolute atomic E-state index is 0.0358. The van der Waals surface area contributed by atoms with Crippen molar-refractivity contribution < 1.29 is 36.2 Å². The van der Waals surface area contributed by atoms with Crippen molar-refractivity contribution in [2.75, 3.05) is 24.3 Å². The zero-order chi connectivity index (χ0) is 23.9. The first kappa shape index (κ1) is 25.6. The number of thioether (sulfide) groups is 1. The van der Waals surface area contributed by atoms with Crippen molar-refractivity contribution in [3.05, 3.63) is 40.8 Å². The molecule has 176 valence electrons. The average Bonchev–Trinajstić information content (AvgIpc) is 3.17. The first-order valence-corrected chi connectivity index (χ1v) is 12.2. The third kappa shape index (κ3) is 7.51. The molecule has 1 aromatic carbocycles. The predicted molar refractivity (Wildman–Crippen MR) is 110 cm³/mol. The molecule has 0 bridgehead atoms. The van der Waals surface area contributed by atoms with Crippen molar-refractivity contribution >= 4 is 33.2 Å². The fraction of sp³-hybridized carbons (Fsp3) is 0.444. The summed E-state index contributed by atoms with van der Waals surface area (Å²) in [5.74, 6) is -2.13. The van der Waals surface area contributed by atoms with Crippen LogP contribution in [0.15, 0.2) is 33.0 Å². The summed E-state index contributed by atoms with van der Waals surface area (Å²) in [6.45, 7) is 1.69. The molecule has 0 aliphatic carbocycles. The number of rotatable bonds is 11. The van der Waals surface area contributed by atoms with Crippen molar-refractivity contribution in [3.63, 3.8) is 0 Å². The molecule has 0 radical (unpaired) electrons. The Bertz CT molecular complexity index is 1080. The number of hydrogen-bond acceptors (Lipinski definition) is 9. The number of hydrogen-bond donors (Lipinski definition) is 2. The summed E-state index contributed by atoms with van der Waals surface area (Å²) in [6.07, 6.45) is -2.09. The van der Waals surface area contributed by atoms with Crippen molar-refractivity contribution in [1.29, 1.82) is 0 Å². The number of carbonyl (C=O) groups excluding carboxylic acids is 1. The third-order valence-electron chi connectivity index (χ3n) is 4.16. The lowest BCUT2D eigenvalue weighted by molar-refractivity contribution is -0.123. The highest BCUT2D eigenvalue weighted by molar-refractivity contribution is 7.99. The van der Waals surface area contributed by atoms with E-state index < -0.39 is 39.5 Å².